The van der Waals surface area contributed by atoms with Crippen LogP contribution in [0.15, 0.2) is 24.3 Å². The summed E-state index contributed by atoms with van der Waals surface area (Å²) in [5, 5.41) is 0. The van der Waals surface area contributed by atoms with Crippen LogP contribution in [0.25, 0.3) is 6.08 Å². The van der Waals surface area contributed by atoms with Gasteiger partial charge in [0.25, 0.3) is 0 Å². The summed E-state index contributed by atoms with van der Waals surface area (Å²) in [4.78, 5) is 14.0. The van der Waals surface area contributed by atoms with Crippen molar-refractivity contribution in [3.63, 3.8) is 0 Å². The molecule has 1 spiro atoms. The van der Waals surface area contributed by atoms with Crippen LogP contribution in [-0.4, -0.2) is 36.8 Å². The molecule has 4 heteroatoms. The van der Waals surface area contributed by atoms with E-state index in [1.165, 1.54) is 11.1 Å². The molecule has 0 N–H and O–H groups in total. The second kappa shape index (κ2) is 5.59. The van der Waals surface area contributed by atoms with Crippen LogP contribution in [0, 0.1) is 0 Å². The van der Waals surface area contributed by atoms with E-state index in [0.29, 0.717) is 0 Å². The number of fused-ring (bicyclic) bond motifs is 2. The Morgan fingerprint density at radius 1 is 1.22 bits per heavy atom. The molecule has 0 atom stereocenters. The average Bonchev–Trinajstić information content (AvgIpc) is 2.84. The maximum Gasteiger partial charge on any atom is 0.410 e. The smallest absolute Gasteiger partial charge is 0.410 e. The number of rotatable bonds is 1. The van der Waals surface area contributed by atoms with Crippen LogP contribution in [0.5, 0.6) is 5.75 Å². The van der Waals surface area contributed by atoms with Gasteiger partial charge in [0.1, 0.15) is 11.4 Å². The molecule has 0 saturated carbocycles. The maximum atomic E-state index is 12.2. The number of allylic oxidation sites excluding steroid dienone is 1. The van der Waals surface area contributed by atoms with Crippen molar-refractivity contribution in [1.82, 2.24) is 4.90 Å². The fourth-order valence-corrected chi connectivity index (χ4v) is 3.45. The lowest BCUT2D eigenvalue weighted by Gasteiger charge is -2.39. The van der Waals surface area contributed by atoms with E-state index in [2.05, 4.69) is 24.3 Å². The van der Waals surface area contributed by atoms with Crippen molar-refractivity contribution in [3.8, 4) is 5.75 Å². The predicted octanol–water partition coefficient (Wildman–Crippen LogP) is 3.99. The molecule has 1 aliphatic heterocycles. The molecular weight excluding hydrogens is 290 g/mol. The van der Waals surface area contributed by atoms with Crippen molar-refractivity contribution in [2.75, 3.05) is 20.2 Å². The Hall–Kier alpha value is -1.97. The van der Waals surface area contributed by atoms with Gasteiger partial charge in [-0.1, -0.05) is 18.2 Å². The Morgan fingerprint density at radius 2 is 1.91 bits per heavy atom. The third-order valence-electron chi connectivity index (χ3n) is 4.68. The first-order valence-corrected chi connectivity index (χ1v) is 8.19. The molecule has 124 valence electrons. The summed E-state index contributed by atoms with van der Waals surface area (Å²) >= 11 is 0. The molecule has 0 aromatic heterocycles. The lowest BCUT2D eigenvalue weighted by molar-refractivity contribution is 0.0184. The topological polar surface area (TPSA) is 38.8 Å². The van der Waals surface area contributed by atoms with Crippen molar-refractivity contribution in [2.24, 2.45) is 0 Å². The van der Waals surface area contributed by atoms with E-state index < -0.39 is 5.60 Å². The van der Waals surface area contributed by atoms with Crippen LogP contribution in [0.2, 0.25) is 0 Å². The normalized spacial score (nSPS) is 18.9. The third kappa shape index (κ3) is 3.07. The van der Waals surface area contributed by atoms with Crippen LogP contribution >= 0.6 is 0 Å². The molecule has 2 aliphatic rings. The lowest BCUT2D eigenvalue weighted by Crippen LogP contribution is -2.45. The van der Waals surface area contributed by atoms with Crippen molar-refractivity contribution < 1.29 is 14.3 Å². The summed E-state index contributed by atoms with van der Waals surface area (Å²) in [7, 11) is 1.69. The number of piperidine rings is 1. The first kappa shape index (κ1) is 15.9. The Labute approximate surface area is 138 Å². The molecule has 4 nitrogen and oxygen atoms in total. The second-order valence-electron chi connectivity index (χ2n) is 7.41. The first-order valence-electron chi connectivity index (χ1n) is 8.19. The zero-order valence-corrected chi connectivity index (χ0v) is 14.4. The van der Waals surface area contributed by atoms with Gasteiger partial charge in [-0.05, 0) is 56.9 Å². The molecular formula is C19H25NO3. The molecule has 1 aromatic carbocycles. The average molecular weight is 315 g/mol. The minimum Gasteiger partial charge on any atom is -0.497 e. The fourth-order valence-electron chi connectivity index (χ4n) is 3.45. The van der Waals surface area contributed by atoms with Gasteiger partial charge in [-0.3, -0.25) is 0 Å². The SMILES string of the molecule is COc1ccc2c(c1)C=CC21CCN(C(=O)OC(C)(C)C)CC1. The number of hydrogen-bond acceptors (Lipinski definition) is 3. The number of benzene rings is 1. The minimum atomic E-state index is -0.442. The Balaban J connectivity index is 1.71. The number of hydrogen-bond donors (Lipinski definition) is 0. The number of amides is 1. The molecule has 1 heterocycles. The number of methoxy groups -OCH3 is 1. The highest BCUT2D eigenvalue weighted by atomic mass is 16.6. The summed E-state index contributed by atoms with van der Waals surface area (Å²) in [6.07, 6.45) is 6.14. The van der Waals surface area contributed by atoms with Crippen LogP contribution in [0.3, 0.4) is 0 Å². The molecule has 0 radical (unpaired) electrons. The molecule has 1 amide bonds. The summed E-state index contributed by atoms with van der Waals surface area (Å²) in [5.41, 5.74) is 2.19. The monoisotopic (exact) mass is 315 g/mol. The van der Waals surface area contributed by atoms with Gasteiger partial charge in [-0.15, -0.1) is 0 Å². The van der Waals surface area contributed by atoms with E-state index in [9.17, 15) is 4.79 Å². The van der Waals surface area contributed by atoms with E-state index >= 15 is 0 Å². The van der Waals surface area contributed by atoms with Gasteiger partial charge < -0.3 is 14.4 Å². The molecule has 1 fully saturated rings. The van der Waals surface area contributed by atoms with Crippen molar-refractivity contribution in [1.29, 1.82) is 0 Å². The van der Waals surface area contributed by atoms with Crippen LogP contribution in [0.4, 0.5) is 4.79 Å². The highest BCUT2D eigenvalue weighted by Gasteiger charge is 2.39. The quantitative estimate of drug-likeness (QED) is 0.786. The molecule has 0 bridgehead atoms. The van der Waals surface area contributed by atoms with Gasteiger partial charge in [0.15, 0.2) is 0 Å². The van der Waals surface area contributed by atoms with E-state index in [0.717, 1.165) is 31.7 Å². The maximum absolute atomic E-state index is 12.2. The van der Waals surface area contributed by atoms with Crippen LogP contribution < -0.4 is 4.74 Å². The molecule has 3 rings (SSSR count). The number of likely N-dealkylation sites (tertiary alicyclic amines) is 1. The summed E-state index contributed by atoms with van der Waals surface area (Å²) in [6.45, 7) is 7.16. The Morgan fingerprint density at radius 3 is 2.52 bits per heavy atom. The van der Waals surface area contributed by atoms with Gasteiger partial charge >= 0.3 is 6.09 Å². The summed E-state index contributed by atoms with van der Waals surface area (Å²) in [6, 6.07) is 6.27. The molecule has 23 heavy (non-hydrogen) atoms. The van der Waals surface area contributed by atoms with E-state index in [-0.39, 0.29) is 11.5 Å². The highest BCUT2D eigenvalue weighted by Crippen LogP contribution is 2.44. The van der Waals surface area contributed by atoms with Crippen molar-refractivity contribution >= 4 is 12.2 Å². The van der Waals surface area contributed by atoms with Crippen LogP contribution in [0.1, 0.15) is 44.7 Å². The van der Waals surface area contributed by atoms with E-state index in [1.807, 2.05) is 31.7 Å². The number of ether oxygens (including phenoxy) is 2. The van der Waals surface area contributed by atoms with Crippen molar-refractivity contribution in [2.45, 2.75) is 44.6 Å². The molecule has 1 saturated heterocycles. The zero-order valence-electron chi connectivity index (χ0n) is 14.4. The standard InChI is InChI=1S/C19H25NO3/c1-18(2,3)23-17(21)20-11-9-19(10-12-20)8-7-14-13-15(22-4)5-6-16(14)19/h5-8,13H,9-12H2,1-4H3. The molecule has 1 aromatic rings. The number of nitrogens with zero attached hydrogens (tertiary/aromatic N) is 1. The highest BCUT2D eigenvalue weighted by molar-refractivity contribution is 5.70. The van der Waals surface area contributed by atoms with Gasteiger partial charge in [0.05, 0.1) is 7.11 Å². The fraction of sp³-hybridized carbons (Fsp3) is 0.526. The Kier molecular flexibility index (Phi) is 3.86. The molecule has 1 aliphatic carbocycles. The third-order valence-corrected chi connectivity index (χ3v) is 4.68. The van der Waals surface area contributed by atoms with Gasteiger partial charge in [-0.2, -0.15) is 0 Å². The zero-order chi connectivity index (χ0) is 16.7. The van der Waals surface area contributed by atoms with Gasteiger partial charge in [-0.25, -0.2) is 4.79 Å². The number of carbonyl (C=O) groups is 1. The second-order valence-corrected chi connectivity index (χ2v) is 7.41. The van der Waals surface area contributed by atoms with Gasteiger partial charge in [0, 0.05) is 18.5 Å². The molecule has 0 unspecified atom stereocenters. The lowest BCUT2D eigenvalue weighted by atomic mass is 9.74. The number of carbonyl (C=O) groups excluding carboxylic acids is 1. The largest absolute Gasteiger partial charge is 0.497 e. The predicted molar refractivity (Wildman–Crippen MR) is 90.7 cm³/mol. The Bertz CT molecular complexity index is 635. The first-order chi connectivity index (χ1) is 10.8. The summed E-state index contributed by atoms with van der Waals surface area (Å²) in [5.74, 6) is 0.886. The summed E-state index contributed by atoms with van der Waals surface area (Å²) < 4.78 is 10.8. The van der Waals surface area contributed by atoms with E-state index in [4.69, 9.17) is 9.47 Å². The van der Waals surface area contributed by atoms with Gasteiger partial charge in [0.2, 0.25) is 0 Å². The van der Waals surface area contributed by atoms with E-state index in [1.54, 1.807) is 7.11 Å². The van der Waals surface area contributed by atoms with Crippen molar-refractivity contribution in [3.05, 3.63) is 35.4 Å². The minimum absolute atomic E-state index is 0.0557. The van der Waals surface area contributed by atoms with Crippen LogP contribution in [-0.2, 0) is 10.2 Å².